The molecule has 0 spiro atoms. The van der Waals surface area contributed by atoms with Crippen LogP contribution in [0.15, 0.2) is 47.7 Å². The molecule has 0 saturated carbocycles. The molecule has 1 rings (SSSR count). The van der Waals surface area contributed by atoms with Crippen molar-refractivity contribution >= 4 is 5.97 Å². The van der Waals surface area contributed by atoms with Crippen LogP contribution in [0.25, 0.3) is 0 Å². The summed E-state index contributed by atoms with van der Waals surface area (Å²) in [6.45, 7) is 7.50. The molecule has 1 aliphatic carbocycles. The van der Waals surface area contributed by atoms with Crippen molar-refractivity contribution in [3.63, 3.8) is 0 Å². The van der Waals surface area contributed by atoms with Crippen molar-refractivity contribution in [2.75, 3.05) is 0 Å². The number of hydrogen-bond donors (Lipinski definition) is 2. The van der Waals surface area contributed by atoms with Gasteiger partial charge in [-0.2, -0.15) is 0 Å². The Morgan fingerprint density at radius 2 is 2.00 bits per heavy atom. The average molecular weight is 207 g/mol. The Morgan fingerprint density at radius 1 is 1.47 bits per heavy atom. The Balaban J connectivity index is 0.000000423. The molecule has 0 amide bonds. The molecule has 0 bridgehead atoms. The smallest absolute Gasteiger partial charge is 0.333 e. The van der Waals surface area contributed by atoms with Gasteiger partial charge in [-0.3, -0.25) is 0 Å². The maximum Gasteiger partial charge on any atom is 0.333 e. The molecule has 3 heteroatoms. The lowest BCUT2D eigenvalue weighted by Crippen LogP contribution is -2.07. The third kappa shape index (κ3) is 6.32. The summed E-state index contributed by atoms with van der Waals surface area (Å²) < 4.78 is 0. The van der Waals surface area contributed by atoms with Crippen molar-refractivity contribution in [1.82, 2.24) is 0 Å². The van der Waals surface area contributed by atoms with Gasteiger partial charge in [-0.25, -0.2) is 4.79 Å². The van der Waals surface area contributed by atoms with E-state index < -0.39 is 5.97 Å². The quantitative estimate of drug-likeness (QED) is 0.649. The normalized spacial score (nSPS) is 14.0. The van der Waals surface area contributed by atoms with Gasteiger partial charge < -0.3 is 10.8 Å². The average Bonchev–Trinajstić information content (AvgIpc) is 2.28. The first kappa shape index (κ1) is 13.2. The fraction of sp³-hybridized carbons (Fsp3) is 0.250. The summed E-state index contributed by atoms with van der Waals surface area (Å²) >= 11 is 0. The van der Waals surface area contributed by atoms with E-state index >= 15 is 0 Å². The Morgan fingerprint density at radius 3 is 2.47 bits per heavy atom. The van der Waals surface area contributed by atoms with Gasteiger partial charge in [0.15, 0.2) is 0 Å². The summed E-state index contributed by atoms with van der Waals surface area (Å²) in [7, 11) is 0. The Kier molecular flexibility index (Phi) is 5.86. The zero-order valence-corrected chi connectivity index (χ0v) is 9.16. The zero-order chi connectivity index (χ0) is 11.8. The van der Waals surface area contributed by atoms with Crippen LogP contribution in [0.5, 0.6) is 0 Å². The highest BCUT2D eigenvalue weighted by Crippen LogP contribution is 2.10. The maximum atomic E-state index is 10.5. The van der Waals surface area contributed by atoms with Gasteiger partial charge in [0.25, 0.3) is 0 Å². The van der Waals surface area contributed by atoms with E-state index in [1.165, 1.54) is 5.57 Å². The standard InChI is InChI=1S/C8H9NO2.C4H8/c9-7-5-3-1-2-4-6(7)8(10)11;1-4(2)3/h1-3,5H,4,9H2,(H,10,11);1H2,2-3H3. The predicted molar refractivity (Wildman–Crippen MR) is 62.2 cm³/mol. The SMILES string of the molecule is C=C(C)C.NC1=C(C(=O)O)CC=CC=C1. The minimum atomic E-state index is -0.946. The van der Waals surface area contributed by atoms with Gasteiger partial charge in [0.05, 0.1) is 5.57 Å². The lowest BCUT2D eigenvalue weighted by molar-refractivity contribution is -0.132. The molecule has 0 unspecified atom stereocenters. The van der Waals surface area contributed by atoms with E-state index in [-0.39, 0.29) is 5.57 Å². The lowest BCUT2D eigenvalue weighted by atomic mass is 10.1. The maximum absolute atomic E-state index is 10.5. The topological polar surface area (TPSA) is 63.3 Å². The van der Waals surface area contributed by atoms with Crippen LogP contribution >= 0.6 is 0 Å². The van der Waals surface area contributed by atoms with Crippen molar-refractivity contribution in [3.05, 3.63) is 47.7 Å². The van der Waals surface area contributed by atoms with E-state index in [9.17, 15) is 4.79 Å². The molecular weight excluding hydrogens is 190 g/mol. The van der Waals surface area contributed by atoms with Crippen molar-refractivity contribution in [1.29, 1.82) is 0 Å². The Labute approximate surface area is 90.3 Å². The van der Waals surface area contributed by atoms with Gasteiger partial charge >= 0.3 is 5.97 Å². The van der Waals surface area contributed by atoms with Crippen LogP contribution in [0.2, 0.25) is 0 Å². The molecule has 82 valence electrons. The van der Waals surface area contributed by atoms with Crippen LogP contribution in [0.4, 0.5) is 0 Å². The molecule has 3 N–H and O–H groups in total. The van der Waals surface area contributed by atoms with E-state index in [4.69, 9.17) is 10.8 Å². The number of allylic oxidation sites excluding steroid dienone is 5. The van der Waals surface area contributed by atoms with Crippen molar-refractivity contribution in [2.24, 2.45) is 5.73 Å². The number of rotatable bonds is 1. The third-order valence-electron chi connectivity index (χ3n) is 1.45. The van der Waals surface area contributed by atoms with Crippen LogP contribution in [-0.2, 0) is 4.79 Å². The summed E-state index contributed by atoms with van der Waals surface area (Å²) in [5.41, 5.74) is 7.21. The molecule has 0 aliphatic heterocycles. The molecule has 1 aliphatic rings. The zero-order valence-electron chi connectivity index (χ0n) is 9.16. The second-order valence-electron chi connectivity index (χ2n) is 3.44. The number of aliphatic carboxylic acids is 1. The second kappa shape index (κ2) is 6.65. The number of carboxylic acids is 1. The van der Waals surface area contributed by atoms with E-state index in [1.54, 1.807) is 24.3 Å². The van der Waals surface area contributed by atoms with Crippen LogP contribution in [0.1, 0.15) is 20.3 Å². The molecule has 0 aromatic heterocycles. The van der Waals surface area contributed by atoms with Crippen LogP contribution in [-0.4, -0.2) is 11.1 Å². The Hall–Kier alpha value is -1.77. The number of nitrogens with two attached hydrogens (primary N) is 1. The van der Waals surface area contributed by atoms with E-state index in [0.29, 0.717) is 12.1 Å². The molecule has 0 heterocycles. The van der Waals surface area contributed by atoms with Gasteiger partial charge in [-0.05, 0) is 26.3 Å². The van der Waals surface area contributed by atoms with E-state index in [0.717, 1.165) is 0 Å². The molecule has 0 atom stereocenters. The molecule has 0 aromatic carbocycles. The molecule has 3 nitrogen and oxygen atoms in total. The fourth-order valence-electron chi connectivity index (χ4n) is 0.853. The molecule has 0 fully saturated rings. The monoisotopic (exact) mass is 207 g/mol. The summed E-state index contributed by atoms with van der Waals surface area (Å²) in [6.07, 6.45) is 7.26. The highest BCUT2D eigenvalue weighted by molar-refractivity contribution is 5.88. The predicted octanol–water partition coefficient (Wildman–Crippen LogP) is 2.38. The van der Waals surface area contributed by atoms with Crippen LogP contribution in [0.3, 0.4) is 0 Å². The van der Waals surface area contributed by atoms with E-state index in [2.05, 4.69) is 6.58 Å². The fourth-order valence-corrected chi connectivity index (χ4v) is 0.853. The first-order chi connectivity index (χ1) is 6.95. The first-order valence-corrected chi connectivity index (χ1v) is 4.62. The largest absolute Gasteiger partial charge is 0.478 e. The number of carboxylic acid groups (broad SMARTS) is 1. The summed E-state index contributed by atoms with van der Waals surface area (Å²) in [6, 6.07) is 0. The highest BCUT2D eigenvalue weighted by atomic mass is 16.4. The molecular formula is C12H17NO2. The third-order valence-corrected chi connectivity index (χ3v) is 1.45. The van der Waals surface area contributed by atoms with Crippen LogP contribution < -0.4 is 5.73 Å². The molecule has 15 heavy (non-hydrogen) atoms. The summed E-state index contributed by atoms with van der Waals surface area (Å²) in [5, 5.41) is 8.63. The van der Waals surface area contributed by atoms with Crippen molar-refractivity contribution in [2.45, 2.75) is 20.3 Å². The Bertz CT molecular complexity index is 332. The molecule has 0 saturated heterocycles. The van der Waals surface area contributed by atoms with Crippen molar-refractivity contribution in [3.8, 4) is 0 Å². The minimum Gasteiger partial charge on any atom is -0.478 e. The lowest BCUT2D eigenvalue weighted by Gasteiger charge is -1.98. The van der Waals surface area contributed by atoms with Gasteiger partial charge in [0, 0.05) is 5.70 Å². The van der Waals surface area contributed by atoms with Crippen molar-refractivity contribution < 1.29 is 9.90 Å². The molecule has 0 aromatic rings. The summed E-state index contributed by atoms with van der Waals surface area (Å²) in [5.74, 6) is -0.946. The van der Waals surface area contributed by atoms with E-state index in [1.807, 2.05) is 13.8 Å². The summed E-state index contributed by atoms with van der Waals surface area (Å²) in [4.78, 5) is 10.5. The van der Waals surface area contributed by atoms with Crippen LogP contribution in [0, 0.1) is 0 Å². The first-order valence-electron chi connectivity index (χ1n) is 4.62. The number of hydrogen-bond acceptors (Lipinski definition) is 2. The number of carbonyl (C=O) groups is 1. The second-order valence-corrected chi connectivity index (χ2v) is 3.44. The van der Waals surface area contributed by atoms with Gasteiger partial charge in [-0.15, -0.1) is 6.58 Å². The molecule has 0 radical (unpaired) electrons. The highest BCUT2D eigenvalue weighted by Gasteiger charge is 2.09. The van der Waals surface area contributed by atoms with Gasteiger partial charge in [0.2, 0.25) is 0 Å². The van der Waals surface area contributed by atoms with Gasteiger partial charge in [0.1, 0.15) is 0 Å². The minimum absolute atomic E-state index is 0.259. The van der Waals surface area contributed by atoms with Gasteiger partial charge in [-0.1, -0.05) is 23.8 Å².